The van der Waals surface area contributed by atoms with Crippen molar-refractivity contribution < 1.29 is 9.53 Å². The van der Waals surface area contributed by atoms with Gasteiger partial charge in [0.15, 0.2) is 0 Å². The van der Waals surface area contributed by atoms with Gasteiger partial charge in [0, 0.05) is 0 Å². The van der Waals surface area contributed by atoms with Gasteiger partial charge in [0.2, 0.25) is 0 Å². The molecule has 0 aliphatic heterocycles. The van der Waals surface area contributed by atoms with Crippen LogP contribution in [0.25, 0.3) is 0 Å². The highest BCUT2D eigenvalue weighted by molar-refractivity contribution is 5.75. The lowest BCUT2D eigenvalue weighted by Crippen LogP contribution is -2.15. The summed E-state index contributed by atoms with van der Waals surface area (Å²) in [6.45, 7) is 4.30. The summed E-state index contributed by atoms with van der Waals surface area (Å²) in [5.41, 5.74) is 0. The normalized spacial score (nSPS) is 16.1. The van der Waals surface area contributed by atoms with Gasteiger partial charge in [0.25, 0.3) is 0 Å². The fourth-order valence-corrected chi connectivity index (χ4v) is 2.59. The van der Waals surface area contributed by atoms with E-state index in [1.165, 1.54) is 64.2 Å². The van der Waals surface area contributed by atoms with Crippen LogP contribution in [0.15, 0.2) is 0 Å². The van der Waals surface area contributed by atoms with Crippen LogP contribution >= 0.6 is 0 Å². The molecular weight excluding hydrogens is 248 g/mol. The largest absolute Gasteiger partial charge is 0.462 e. The van der Waals surface area contributed by atoms with Crippen LogP contribution in [0.4, 0.5) is 0 Å². The Hall–Kier alpha value is -0.530. The summed E-state index contributed by atoms with van der Waals surface area (Å²) in [6, 6.07) is 0. The van der Waals surface area contributed by atoms with Crippen LogP contribution in [0.1, 0.15) is 97.3 Å². The van der Waals surface area contributed by atoms with Gasteiger partial charge in [-0.2, -0.15) is 0 Å². The molecule has 0 radical (unpaired) electrons. The summed E-state index contributed by atoms with van der Waals surface area (Å²) in [4.78, 5) is 11.5. The van der Waals surface area contributed by atoms with E-state index in [9.17, 15) is 4.79 Å². The van der Waals surface area contributed by atoms with Gasteiger partial charge in [-0.1, -0.05) is 64.7 Å². The molecule has 0 amide bonds. The molecule has 2 heteroatoms. The highest BCUT2D eigenvalue weighted by Gasteiger charge is 2.31. The first-order valence-corrected chi connectivity index (χ1v) is 8.94. The third-order valence-corrected chi connectivity index (χ3v) is 4.19. The van der Waals surface area contributed by atoms with Crippen molar-refractivity contribution in [2.24, 2.45) is 5.92 Å². The maximum atomic E-state index is 11.5. The minimum atomic E-state index is 0.0459. The topological polar surface area (TPSA) is 26.3 Å². The molecule has 0 aromatic heterocycles. The first kappa shape index (κ1) is 17.5. The summed E-state index contributed by atoms with van der Waals surface area (Å²) in [6.07, 6.45) is 16.9. The SMILES string of the molecule is CCCCCCCCCCCCC(C)OC(=O)C1CC1. The second kappa shape index (κ2) is 11.2. The van der Waals surface area contributed by atoms with Crippen molar-refractivity contribution in [3.63, 3.8) is 0 Å². The average Bonchev–Trinajstić information content (AvgIpc) is 3.25. The highest BCUT2D eigenvalue weighted by Crippen LogP contribution is 2.30. The molecular formula is C18H34O2. The Bertz CT molecular complexity index is 246. The zero-order valence-electron chi connectivity index (χ0n) is 13.7. The number of unbranched alkanes of at least 4 members (excludes halogenated alkanes) is 9. The first-order valence-electron chi connectivity index (χ1n) is 8.94. The Morgan fingerprint density at radius 2 is 1.45 bits per heavy atom. The van der Waals surface area contributed by atoms with E-state index >= 15 is 0 Å². The molecule has 118 valence electrons. The van der Waals surface area contributed by atoms with Crippen LogP contribution in [-0.4, -0.2) is 12.1 Å². The molecule has 1 aliphatic carbocycles. The maximum Gasteiger partial charge on any atom is 0.309 e. The third-order valence-electron chi connectivity index (χ3n) is 4.19. The summed E-state index contributed by atoms with van der Waals surface area (Å²) in [5.74, 6) is 0.287. The Balaban J connectivity index is 1.78. The van der Waals surface area contributed by atoms with Crippen LogP contribution in [0.5, 0.6) is 0 Å². The number of ether oxygens (including phenoxy) is 1. The minimum Gasteiger partial charge on any atom is -0.462 e. The second-order valence-electron chi connectivity index (χ2n) is 6.49. The molecule has 0 bridgehead atoms. The van der Waals surface area contributed by atoms with Gasteiger partial charge in [-0.05, 0) is 32.6 Å². The lowest BCUT2D eigenvalue weighted by atomic mass is 10.0. The molecule has 1 saturated carbocycles. The minimum absolute atomic E-state index is 0.0459. The Labute approximate surface area is 125 Å². The van der Waals surface area contributed by atoms with Crippen LogP contribution in [0, 0.1) is 5.92 Å². The Kier molecular flexibility index (Phi) is 9.78. The molecule has 0 N–H and O–H groups in total. The van der Waals surface area contributed by atoms with Gasteiger partial charge in [0.1, 0.15) is 0 Å². The molecule has 1 rings (SSSR count). The van der Waals surface area contributed by atoms with Crippen molar-refractivity contribution in [2.75, 3.05) is 0 Å². The van der Waals surface area contributed by atoms with E-state index in [4.69, 9.17) is 4.74 Å². The second-order valence-corrected chi connectivity index (χ2v) is 6.49. The maximum absolute atomic E-state index is 11.5. The molecule has 0 spiro atoms. The molecule has 0 aromatic rings. The predicted molar refractivity (Wildman–Crippen MR) is 84.7 cm³/mol. The van der Waals surface area contributed by atoms with Gasteiger partial charge in [-0.3, -0.25) is 4.79 Å². The fraction of sp³-hybridized carbons (Fsp3) is 0.944. The van der Waals surface area contributed by atoms with Crippen molar-refractivity contribution in [2.45, 2.75) is 103 Å². The molecule has 1 aliphatic rings. The molecule has 1 unspecified atom stereocenters. The van der Waals surface area contributed by atoms with E-state index in [0.717, 1.165) is 19.3 Å². The van der Waals surface area contributed by atoms with E-state index in [-0.39, 0.29) is 18.0 Å². The van der Waals surface area contributed by atoms with Crippen LogP contribution < -0.4 is 0 Å². The lowest BCUT2D eigenvalue weighted by Gasteiger charge is -2.12. The van der Waals surface area contributed by atoms with E-state index in [2.05, 4.69) is 6.92 Å². The summed E-state index contributed by atoms with van der Waals surface area (Å²) in [7, 11) is 0. The van der Waals surface area contributed by atoms with Crippen molar-refractivity contribution in [1.29, 1.82) is 0 Å². The molecule has 2 nitrogen and oxygen atoms in total. The van der Waals surface area contributed by atoms with Crippen molar-refractivity contribution in [1.82, 2.24) is 0 Å². The van der Waals surface area contributed by atoms with Crippen molar-refractivity contribution >= 4 is 5.97 Å². The predicted octanol–water partition coefficient (Wildman–Crippen LogP) is 5.64. The van der Waals surface area contributed by atoms with Crippen LogP contribution in [-0.2, 0) is 9.53 Å². The highest BCUT2D eigenvalue weighted by atomic mass is 16.5. The molecule has 0 saturated heterocycles. The summed E-state index contributed by atoms with van der Waals surface area (Å²) < 4.78 is 5.42. The van der Waals surface area contributed by atoms with E-state index in [1.807, 2.05) is 6.92 Å². The molecule has 20 heavy (non-hydrogen) atoms. The summed E-state index contributed by atoms with van der Waals surface area (Å²) in [5, 5.41) is 0. The zero-order valence-corrected chi connectivity index (χ0v) is 13.7. The van der Waals surface area contributed by atoms with Gasteiger partial charge in [-0.25, -0.2) is 0 Å². The number of carbonyl (C=O) groups is 1. The Morgan fingerprint density at radius 1 is 0.950 bits per heavy atom. The lowest BCUT2D eigenvalue weighted by molar-refractivity contribution is -0.150. The molecule has 1 fully saturated rings. The standard InChI is InChI=1S/C18H34O2/c1-3-4-5-6-7-8-9-10-11-12-13-16(2)20-18(19)17-14-15-17/h16-17H,3-15H2,1-2H3. The average molecular weight is 282 g/mol. The van der Waals surface area contributed by atoms with E-state index < -0.39 is 0 Å². The molecule has 0 heterocycles. The number of hydrogen-bond donors (Lipinski definition) is 0. The number of carbonyl (C=O) groups excluding carboxylic acids is 1. The first-order chi connectivity index (χ1) is 9.74. The summed E-state index contributed by atoms with van der Waals surface area (Å²) >= 11 is 0. The number of hydrogen-bond acceptors (Lipinski definition) is 2. The van der Waals surface area contributed by atoms with Crippen molar-refractivity contribution in [3.8, 4) is 0 Å². The Morgan fingerprint density at radius 3 is 1.95 bits per heavy atom. The van der Waals surface area contributed by atoms with Gasteiger partial charge in [0.05, 0.1) is 12.0 Å². The molecule has 1 atom stereocenters. The van der Waals surface area contributed by atoms with Crippen molar-refractivity contribution in [3.05, 3.63) is 0 Å². The number of rotatable bonds is 13. The number of esters is 1. The van der Waals surface area contributed by atoms with E-state index in [0.29, 0.717) is 0 Å². The van der Waals surface area contributed by atoms with Gasteiger partial charge in [-0.15, -0.1) is 0 Å². The van der Waals surface area contributed by atoms with Crippen LogP contribution in [0.2, 0.25) is 0 Å². The quantitative estimate of drug-likeness (QED) is 0.323. The zero-order chi connectivity index (χ0) is 14.6. The third kappa shape index (κ3) is 9.39. The molecule has 0 aromatic carbocycles. The monoisotopic (exact) mass is 282 g/mol. The van der Waals surface area contributed by atoms with Gasteiger partial charge < -0.3 is 4.74 Å². The van der Waals surface area contributed by atoms with Crippen LogP contribution in [0.3, 0.4) is 0 Å². The van der Waals surface area contributed by atoms with Gasteiger partial charge >= 0.3 is 5.97 Å². The smallest absolute Gasteiger partial charge is 0.309 e. The fourth-order valence-electron chi connectivity index (χ4n) is 2.59. The van der Waals surface area contributed by atoms with E-state index in [1.54, 1.807) is 0 Å².